The van der Waals surface area contributed by atoms with Crippen LogP contribution in [0.5, 0.6) is 0 Å². The zero-order valence-electron chi connectivity index (χ0n) is 18.3. The van der Waals surface area contributed by atoms with Crippen LogP contribution in [0, 0.1) is 5.92 Å². The van der Waals surface area contributed by atoms with Crippen LogP contribution in [0.2, 0.25) is 0 Å². The quantitative estimate of drug-likeness (QED) is 0.597. The Balaban J connectivity index is 2.03. The molecule has 3 rings (SSSR count). The van der Waals surface area contributed by atoms with Gasteiger partial charge in [-0.15, -0.1) is 4.72 Å². The number of pyridine rings is 1. The number of aryl methyl sites for hydroxylation is 1. The van der Waals surface area contributed by atoms with Crippen LogP contribution in [0.4, 0.5) is 0 Å². The molecule has 0 bridgehead atoms. The minimum absolute atomic E-state index is 0.0933. The molecule has 2 fully saturated rings. The molecule has 0 amide bonds. The fraction of sp³-hybridized carbons (Fsp3) is 0.750. The van der Waals surface area contributed by atoms with Crippen LogP contribution in [-0.2, 0) is 27.7 Å². The van der Waals surface area contributed by atoms with Crippen LogP contribution in [-0.4, -0.2) is 32.2 Å². The van der Waals surface area contributed by atoms with E-state index in [1.165, 1.54) is 0 Å². The van der Waals surface area contributed by atoms with Crippen LogP contribution in [0.3, 0.4) is 0 Å². The van der Waals surface area contributed by atoms with Gasteiger partial charge in [-0.1, -0.05) is 0 Å². The molecule has 1 saturated carbocycles. The molecule has 1 aliphatic heterocycles. The fourth-order valence-corrected chi connectivity index (χ4v) is 4.14. The highest BCUT2D eigenvalue weighted by Crippen LogP contribution is 2.42. The lowest BCUT2D eigenvalue weighted by Gasteiger charge is -2.32. The first kappa shape index (κ1) is 21.9. The van der Waals surface area contributed by atoms with Gasteiger partial charge in [0.15, 0.2) is 0 Å². The highest BCUT2D eigenvalue weighted by molar-refractivity contribution is 7.90. The molecule has 28 heavy (non-hydrogen) atoms. The number of nitrogens with one attached hydrogen (secondary N) is 1. The zero-order chi connectivity index (χ0) is 21.1. The monoisotopic (exact) mass is 408 g/mol. The Hall–Kier alpha value is -0.795. The first-order valence-electron chi connectivity index (χ1n) is 9.97. The van der Waals surface area contributed by atoms with Crippen molar-refractivity contribution >= 4 is 23.9 Å². The van der Waals surface area contributed by atoms with Crippen molar-refractivity contribution in [3.8, 4) is 0 Å². The Morgan fingerprint density at radius 2 is 1.79 bits per heavy atom. The summed E-state index contributed by atoms with van der Waals surface area (Å²) >= 11 is -1.24. The van der Waals surface area contributed by atoms with Gasteiger partial charge in [0, 0.05) is 36.1 Å². The average molecular weight is 408 g/mol. The van der Waals surface area contributed by atoms with Gasteiger partial charge in [-0.05, 0) is 72.8 Å². The predicted octanol–water partition coefficient (Wildman–Crippen LogP) is 2.19. The second kappa shape index (κ2) is 7.16. The van der Waals surface area contributed by atoms with Gasteiger partial charge in [-0.25, -0.2) is 0 Å². The van der Waals surface area contributed by atoms with E-state index in [1.807, 2.05) is 48.5 Å². The van der Waals surface area contributed by atoms with Crippen molar-refractivity contribution < 1.29 is 13.9 Å². The minimum atomic E-state index is -1.24. The van der Waals surface area contributed by atoms with Crippen LogP contribution < -0.4 is 15.7 Å². The summed E-state index contributed by atoms with van der Waals surface area (Å²) in [5, 5.41) is 0. The number of nitrogens with zero attached hydrogens (tertiary/aromatic N) is 1. The van der Waals surface area contributed by atoms with Crippen LogP contribution in [0.15, 0.2) is 17.1 Å². The summed E-state index contributed by atoms with van der Waals surface area (Å²) in [5.41, 5.74) is 0.628. The molecule has 1 aromatic heterocycles. The molecule has 2 atom stereocenters. The minimum Gasteiger partial charge on any atom is -0.598 e. The molecule has 1 N–H and O–H groups in total. The summed E-state index contributed by atoms with van der Waals surface area (Å²) in [6.07, 6.45) is 3.91. The molecule has 2 heterocycles. The van der Waals surface area contributed by atoms with Gasteiger partial charge < -0.3 is 18.4 Å². The summed E-state index contributed by atoms with van der Waals surface area (Å²) in [6, 6.07) is 1.49. The van der Waals surface area contributed by atoms with Crippen molar-refractivity contribution in [2.24, 2.45) is 13.0 Å². The van der Waals surface area contributed by atoms with Gasteiger partial charge in [0.2, 0.25) is 0 Å². The van der Waals surface area contributed by atoms with E-state index in [1.54, 1.807) is 23.9 Å². The van der Waals surface area contributed by atoms with Crippen molar-refractivity contribution in [2.45, 2.75) is 83.3 Å². The van der Waals surface area contributed by atoms with Crippen molar-refractivity contribution in [1.29, 1.82) is 0 Å². The largest absolute Gasteiger partial charge is 0.598 e. The van der Waals surface area contributed by atoms with Gasteiger partial charge in [0.05, 0.1) is 17.2 Å². The first-order valence-corrected chi connectivity index (χ1v) is 11.1. The second-order valence-electron chi connectivity index (χ2n) is 10.0. The maximum atomic E-state index is 12.8. The summed E-state index contributed by atoms with van der Waals surface area (Å²) < 4.78 is 29.8. The standard InChI is InChI=1S/C20H33BN2O4S/c1-18(2,3)28(25)22-17(13-9-10-13)14-11-16(24)23(8)12-15(14)21-26-19(4,5)20(6,7)27-21/h11-13,17,22H,9-10H2,1-8H3/t17-,28?/m0/s1. The van der Waals surface area contributed by atoms with E-state index < -0.39 is 34.4 Å². The van der Waals surface area contributed by atoms with Gasteiger partial charge in [0.25, 0.3) is 5.56 Å². The number of aromatic nitrogens is 1. The Labute approximate surface area is 171 Å². The molecular weight excluding hydrogens is 375 g/mol. The van der Waals surface area contributed by atoms with Crippen molar-refractivity contribution in [3.63, 3.8) is 0 Å². The molecule has 0 radical (unpaired) electrons. The highest BCUT2D eigenvalue weighted by atomic mass is 32.2. The molecule has 0 spiro atoms. The molecule has 1 saturated heterocycles. The fourth-order valence-electron chi connectivity index (χ4n) is 3.24. The van der Waals surface area contributed by atoms with Crippen molar-refractivity contribution in [1.82, 2.24) is 9.29 Å². The maximum absolute atomic E-state index is 12.8. The van der Waals surface area contributed by atoms with E-state index in [0.717, 1.165) is 23.9 Å². The molecule has 1 aromatic rings. The molecule has 6 nitrogen and oxygen atoms in total. The molecule has 1 aliphatic carbocycles. The number of hydrogen-bond donors (Lipinski definition) is 1. The van der Waals surface area contributed by atoms with Gasteiger partial charge in [-0.2, -0.15) is 0 Å². The lowest BCUT2D eigenvalue weighted by Crippen LogP contribution is -2.46. The Kier molecular flexibility index (Phi) is 5.60. The van der Waals surface area contributed by atoms with E-state index in [2.05, 4.69) is 4.72 Å². The third kappa shape index (κ3) is 4.21. The number of rotatable bonds is 5. The SMILES string of the molecule is Cn1cc(B2OC(C)(C)C(C)(C)O2)c([C@@H](N[S+]([O-])C(C)(C)C)C2CC2)cc1=O. The topological polar surface area (TPSA) is 75.6 Å². The Morgan fingerprint density at radius 3 is 2.25 bits per heavy atom. The molecule has 8 heteroatoms. The van der Waals surface area contributed by atoms with Gasteiger partial charge in [0.1, 0.15) is 4.75 Å². The van der Waals surface area contributed by atoms with E-state index in [0.29, 0.717) is 5.92 Å². The van der Waals surface area contributed by atoms with Crippen LogP contribution >= 0.6 is 0 Å². The molecule has 1 unspecified atom stereocenters. The third-order valence-corrected chi connectivity index (χ3v) is 7.60. The van der Waals surface area contributed by atoms with Gasteiger partial charge >= 0.3 is 7.12 Å². The van der Waals surface area contributed by atoms with Crippen LogP contribution in [0.25, 0.3) is 0 Å². The highest BCUT2D eigenvalue weighted by Gasteiger charge is 2.53. The first-order chi connectivity index (χ1) is 12.7. The zero-order valence-corrected chi connectivity index (χ0v) is 19.1. The van der Waals surface area contributed by atoms with E-state index >= 15 is 0 Å². The average Bonchev–Trinajstić information content (AvgIpc) is 3.34. The smallest absolute Gasteiger partial charge is 0.496 e. The van der Waals surface area contributed by atoms with E-state index in [-0.39, 0.29) is 11.6 Å². The van der Waals surface area contributed by atoms with Gasteiger partial charge in [-0.3, -0.25) is 4.79 Å². The second-order valence-corrected chi connectivity index (χ2v) is 12.0. The summed E-state index contributed by atoms with van der Waals surface area (Å²) in [4.78, 5) is 12.5. The molecule has 2 aliphatic rings. The van der Waals surface area contributed by atoms with E-state index in [9.17, 15) is 9.35 Å². The summed E-state index contributed by atoms with van der Waals surface area (Å²) in [7, 11) is 1.16. The molecular formula is C20H33BN2O4S. The lowest BCUT2D eigenvalue weighted by molar-refractivity contribution is 0.00578. The summed E-state index contributed by atoms with van der Waals surface area (Å²) in [6.45, 7) is 13.9. The maximum Gasteiger partial charge on any atom is 0.496 e. The Bertz CT molecular complexity index is 782. The van der Waals surface area contributed by atoms with E-state index in [4.69, 9.17) is 9.31 Å². The molecule has 156 valence electrons. The third-order valence-electron chi connectivity index (χ3n) is 6.02. The van der Waals surface area contributed by atoms with Crippen molar-refractivity contribution in [2.75, 3.05) is 0 Å². The normalized spacial score (nSPS) is 23.7. The number of hydrogen-bond acceptors (Lipinski definition) is 5. The molecule has 0 aromatic carbocycles. The van der Waals surface area contributed by atoms with Crippen molar-refractivity contribution in [3.05, 3.63) is 28.2 Å². The predicted molar refractivity (Wildman–Crippen MR) is 114 cm³/mol. The van der Waals surface area contributed by atoms with Crippen LogP contribution in [0.1, 0.15) is 72.9 Å². The lowest BCUT2D eigenvalue weighted by atomic mass is 9.75. The summed E-state index contributed by atoms with van der Waals surface area (Å²) in [5.74, 6) is 0.361. The Morgan fingerprint density at radius 1 is 1.25 bits per heavy atom.